The Kier molecular flexibility index (Phi) is 8.98. The van der Waals surface area contributed by atoms with E-state index in [4.69, 9.17) is 21.3 Å². The second-order valence-electron chi connectivity index (χ2n) is 7.44. The van der Waals surface area contributed by atoms with Crippen LogP contribution in [0.3, 0.4) is 0 Å². The van der Waals surface area contributed by atoms with Gasteiger partial charge >= 0.3 is 0 Å². The van der Waals surface area contributed by atoms with E-state index in [1.165, 1.54) is 5.56 Å². The highest BCUT2D eigenvalue weighted by molar-refractivity contribution is 14.0. The fourth-order valence-corrected chi connectivity index (χ4v) is 3.39. The zero-order valence-electron chi connectivity index (χ0n) is 15.7. The van der Waals surface area contributed by atoms with E-state index in [1.807, 2.05) is 12.1 Å². The minimum Gasteiger partial charge on any atom is -0.381 e. The lowest BCUT2D eigenvalue weighted by atomic mass is 9.74. The van der Waals surface area contributed by atoms with Crippen molar-refractivity contribution in [3.05, 3.63) is 34.9 Å². The third-order valence-electron chi connectivity index (χ3n) is 4.27. The zero-order chi connectivity index (χ0) is 17.6. The molecule has 0 radical (unpaired) electrons. The van der Waals surface area contributed by atoms with Crippen LogP contribution < -0.4 is 10.6 Å². The lowest BCUT2D eigenvalue weighted by molar-refractivity contribution is 0.0531. The molecule has 1 heterocycles. The molecule has 6 heteroatoms. The molecule has 2 N–H and O–H groups in total. The van der Waals surface area contributed by atoms with Gasteiger partial charge in [0.1, 0.15) is 0 Å². The molecule has 25 heavy (non-hydrogen) atoms. The predicted octanol–water partition coefficient (Wildman–Crippen LogP) is 4.36. The van der Waals surface area contributed by atoms with E-state index >= 15 is 0 Å². The van der Waals surface area contributed by atoms with Crippen LogP contribution in [-0.2, 0) is 10.2 Å². The molecule has 1 aromatic rings. The average Bonchev–Trinajstić information content (AvgIpc) is 2.53. The molecule has 1 fully saturated rings. The van der Waals surface area contributed by atoms with Crippen LogP contribution in [0.1, 0.15) is 46.1 Å². The maximum Gasteiger partial charge on any atom is 0.191 e. The van der Waals surface area contributed by atoms with Gasteiger partial charge in [-0.05, 0) is 52.2 Å². The Morgan fingerprint density at radius 2 is 1.88 bits per heavy atom. The van der Waals surface area contributed by atoms with E-state index in [0.717, 1.165) is 43.6 Å². The first-order chi connectivity index (χ1) is 11.4. The number of benzene rings is 1. The number of nitrogens with one attached hydrogen (secondary N) is 2. The number of nitrogens with zero attached hydrogens (tertiary/aromatic N) is 1. The number of rotatable bonds is 4. The van der Waals surface area contributed by atoms with Crippen molar-refractivity contribution in [2.24, 2.45) is 4.99 Å². The van der Waals surface area contributed by atoms with Gasteiger partial charge in [0.05, 0.1) is 6.54 Å². The van der Waals surface area contributed by atoms with Crippen LogP contribution in [0, 0.1) is 0 Å². The van der Waals surface area contributed by atoms with Crippen molar-refractivity contribution >= 4 is 41.5 Å². The van der Waals surface area contributed by atoms with Gasteiger partial charge in [-0.2, -0.15) is 0 Å². The van der Waals surface area contributed by atoms with Crippen LogP contribution in [0.4, 0.5) is 0 Å². The third-order valence-corrected chi connectivity index (χ3v) is 4.60. The molecule has 1 aromatic carbocycles. The van der Waals surface area contributed by atoms with Gasteiger partial charge < -0.3 is 15.4 Å². The summed E-state index contributed by atoms with van der Waals surface area (Å²) < 4.78 is 5.60. The minimum atomic E-state index is -0.0587. The second kappa shape index (κ2) is 9.97. The highest BCUT2D eigenvalue weighted by Crippen LogP contribution is 2.38. The van der Waals surface area contributed by atoms with Crippen molar-refractivity contribution in [3.63, 3.8) is 0 Å². The Morgan fingerprint density at radius 3 is 2.44 bits per heavy atom. The normalized spacial score (nSPS) is 17.6. The molecule has 0 aromatic heterocycles. The number of guanidine groups is 1. The van der Waals surface area contributed by atoms with Gasteiger partial charge in [0, 0.05) is 35.7 Å². The maximum absolute atomic E-state index is 6.51. The summed E-state index contributed by atoms with van der Waals surface area (Å²) in [6, 6.07) is 8.14. The molecule has 0 aliphatic carbocycles. The molecule has 0 unspecified atom stereocenters. The van der Waals surface area contributed by atoms with Gasteiger partial charge in [-0.1, -0.05) is 29.8 Å². The lowest BCUT2D eigenvalue weighted by Crippen LogP contribution is -2.48. The Balaban J connectivity index is 0.00000312. The maximum atomic E-state index is 6.51. The third kappa shape index (κ3) is 6.61. The highest BCUT2D eigenvalue weighted by Gasteiger charge is 2.36. The molecule has 0 saturated carbocycles. The number of aliphatic imine (C=N–C) groups is 1. The minimum absolute atomic E-state index is 0. The smallest absolute Gasteiger partial charge is 0.191 e. The monoisotopic (exact) mass is 479 g/mol. The van der Waals surface area contributed by atoms with Gasteiger partial charge in [0.2, 0.25) is 0 Å². The molecule has 4 nitrogen and oxygen atoms in total. The van der Waals surface area contributed by atoms with Gasteiger partial charge in [-0.3, -0.25) is 4.99 Å². The van der Waals surface area contributed by atoms with Crippen molar-refractivity contribution < 1.29 is 4.74 Å². The topological polar surface area (TPSA) is 45.7 Å². The molecular weight excluding hydrogens is 449 g/mol. The van der Waals surface area contributed by atoms with Crippen molar-refractivity contribution in [2.45, 2.75) is 51.5 Å². The predicted molar refractivity (Wildman–Crippen MR) is 117 cm³/mol. The van der Waals surface area contributed by atoms with E-state index in [9.17, 15) is 0 Å². The molecule has 0 bridgehead atoms. The van der Waals surface area contributed by atoms with Crippen molar-refractivity contribution in [1.82, 2.24) is 10.6 Å². The van der Waals surface area contributed by atoms with Gasteiger partial charge in [0.15, 0.2) is 5.96 Å². The van der Waals surface area contributed by atoms with Gasteiger partial charge in [0.25, 0.3) is 0 Å². The highest BCUT2D eigenvalue weighted by atomic mass is 127. The molecule has 1 aliphatic heterocycles. The molecule has 2 rings (SSSR count). The molecule has 1 aliphatic rings. The number of halogens is 2. The molecule has 1 saturated heterocycles. The summed E-state index contributed by atoms with van der Waals surface area (Å²) in [5, 5.41) is 7.61. The Morgan fingerprint density at radius 1 is 1.24 bits per heavy atom. The Bertz CT molecular complexity index is 566. The molecule has 0 spiro atoms. The summed E-state index contributed by atoms with van der Waals surface area (Å²) >= 11 is 6.51. The van der Waals surface area contributed by atoms with E-state index < -0.39 is 0 Å². The number of hydrogen-bond acceptors (Lipinski definition) is 2. The SMILES string of the molecule is CCNC(=NCC1(c2ccccc2Cl)CCOCC1)NC(C)(C)C.I. The summed E-state index contributed by atoms with van der Waals surface area (Å²) in [6.07, 6.45) is 1.88. The first-order valence-electron chi connectivity index (χ1n) is 8.75. The van der Waals surface area contributed by atoms with E-state index in [1.54, 1.807) is 0 Å². The van der Waals surface area contributed by atoms with Crippen molar-refractivity contribution in [2.75, 3.05) is 26.3 Å². The summed E-state index contributed by atoms with van der Waals surface area (Å²) in [6.45, 7) is 11.5. The first kappa shape index (κ1) is 22.5. The summed E-state index contributed by atoms with van der Waals surface area (Å²) in [5.41, 5.74) is 1.09. The van der Waals surface area contributed by atoms with Crippen LogP contribution in [0.25, 0.3) is 0 Å². The summed E-state index contributed by atoms with van der Waals surface area (Å²) in [5.74, 6) is 0.850. The quantitative estimate of drug-likeness (QED) is 0.383. The first-order valence-corrected chi connectivity index (χ1v) is 9.13. The number of ether oxygens (including phenoxy) is 1. The van der Waals surface area contributed by atoms with Crippen LogP contribution in [0.15, 0.2) is 29.3 Å². The fourth-order valence-electron chi connectivity index (χ4n) is 3.06. The fraction of sp³-hybridized carbons (Fsp3) is 0.632. The van der Waals surface area contributed by atoms with Crippen LogP contribution in [-0.4, -0.2) is 37.8 Å². The van der Waals surface area contributed by atoms with Crippen LogP contribution in [0.2, 0.25) is 5.02 Å². The second-order valence-corrected chi connectivity index (χ2v) is 7.85. The van der Waals surface area contributed by atoms with Crippen molar-refractivity contribution in [1.29, 1.82) is 0 Å². The zero-order valence-corrected chi connectivity index (χ0v) is 18.8. The van der Waals surface area contributed by atoms with E-state index in [-0.39, 0.29) is 34.9 Å². The van der Waals surface area contributed by atoms with Gasteiger partial charge in [-0.15, -0.1) is 24.0 Å². The average molecular weight is 480 g/mol. The lowest BCUT2D eigenvalue weighted by Gasteiger charge is -2.37. The summed E-state index contributed by atoms with van der Waals surface area (Å²) in [7, 11) is 0. The van der Waals surface area contributed by atoms with E-state index in [0.29, 0.717) is 6.54 Å². The number of hydrogen-bond donors (Lipinski definition) is 2. The van der Waals surface area contributed by atoms with Crippen molar-refractivity contribution in [3.8, 4) is 0 Å². The molecular formula is C19H31ClIN3O. The Labute approximate surface area is 174 Å². The van der Waals surface area contributed by atoms with E-state index in [2.05, 4.69) is 50.5 Å². The standard InChI is InChI=1S/C19H30ClN3O.HI/c1-5-21-17(23-18(2,3)4)22-14-19(10-12-24-13-11-19)15-8-6-7-9-16(15)20;/h6-9H,5,10-14H2,1-4H3,(H2,21,22,23);1H. The summed E-state index contributed by atoms with van der Waals surface area (Å²) in [4.78, 5) is 4.89. The van der Waals surface area contributed by atoms with Gasteiger partial charge in [-0.25, -0.2) is 0 Å². The molecule has 0 atom stereocenters. The molecule has 142 valence electrons. The molecule has 0 amide bonds. The Hall–Kier alpha value is -0.530. The van der Waals surface area contributed by atoms with Crippen LogP contribution >= 0.6 is 35.6 Å². The largest absolute Gasteiger partial charge is 0.381 e. The van der Waals surface area contributed by atoms with Crippen LogP contribution in [0.5, 0.6) is 0 Å².